The highest BCUT2D eigenvalue weighted by molar-refractivity contribution is 5.88. The van der Waals surface area contributed by atoms with Crippen LogP contribution in [0.4, 0.5) is 5.69 Å². The van der Waals surface area contributed by atoms with E-state index >= 15 is 0 Å². The van der Waals surface area contributed by atoms with Gasteiger partial charge in [0.15, 0.2) is 0 Å². The van der Waals surface area contributed by atoms with Crippen LogP contribution in [0.3, 0.4) is 0 Å². The first-order chi connectivity index (χ1) is 22.9. The quantitative estimate of drug-likeness (QED) is 0.193. The zero-order chi connectivity index (χ0) is 32.8. The molecule has 47 heavy (non-hydrogen) atoms. The van der Waals surface area contributed by atoms with E-state index in [2.05, 4.69) is 22.3 Å². The number of hydrogen-bond donors (Lipinski definition) is 2. The lowest BCUT2D eigenvalue weighted by Crippen LogP contribution is -2.55. The van der Waals surface area contributed by atoms with Crippen LogP contribution in [0.1, 0.15) is 36.0 Å². The van der Waals surface area contributed by atoms with Gasteiger partial charge in [-0.25, -0.2) is 0 Å². The summed E-state index contributed by atoms with van der Waals surface area (Å²) in [7, 11) is 0. The second-order valence-corrected chi connectivity index (χ2v) is 11.6. The zero-order valence-electron chi connectivity index (χ0n) is 26.6. The third kappa shape index (κ3) is 10.1. The van der Waals surface area contributed by atoms with Gasteiger partial charge in [-0.1, -0.05) is 84.9 Å². The van der Waals surface area contributed by atoms with Crippen LogP contribution in [0, 0.1) is 0 Å². The van der Waals surface area contributed by atoms with Gasteiger partial charge in [0, 0.05) is 50.8 Å². The standard InChI is InChI=1S/C38H42N4O5/c39-36(43)20-19-34(38(45)42-24-22-41(23-25-42)32-14-8-3-9-15-32)40-37(44)21-17-31-16-18-33(46-27-29-10-4-1-5-11-29)26-35(31)47-28-30-12-6-2-7-13-30/h1-16,18,26,34H,17,19-25,27-28H2,(H2,39,43)(H,40,44)/t34-/m0/s1. The third-order valence-corrected chi connectivity index (χ3v) is 8.17. The van der Waals surface area contributed by atoms with Crippen LogP contribution in [0.5, 0.6) is 11.5 Å². The van der Waals surface area contributed by atoms with Crippen molar-refractivity contribution in [1.82, 2.24) is 10.2 Å². The van der Waals surface area contributed by atoms with Gasteiger partial charge in [-0.2, -0.15) is 0 Å². The van der Waals surface area contributed by atoms with E-state index in [1.807, 2.05) is 97.1 Å². The number of hydrogen-bond acceptors (Lipinski definition) is 6. The molecular formula is C38H42N4O5. The van der Waals surface area contributed by atoms with Gasteiger partial charge in [-0.05, 0) is 47.7 Å². The molecule has 0 aliphatic carbocycles. The Kier molecular flexibility index (Phi) is 11.8. The molecular weight excluding hydrogens is 592 g/mol. The molecule has 1 aliphatic heterocycles. The average Bonchev–Trinajstić information content (AvgIpc) is 3.12. The molecule has 1 aliphatic rings. The van der Waals surface area contributed by atoms with Crippen molar-refractivity contribution in [2.24, 2.45) is 5.73 Å². The number of aryl methyl sites for hydroxylation is 1. The largest absolute Gasteiger partial charge is 0.489 e. The number of anilines is 1. The zero-order valence-corrected chi connectivity index (χ0v) is 26.6. The molecule has 0 unspecified atom stereocenters. The first-order valence-electron chi connectivity index (χ1n) is 16.1. The summed E-state index contributed by atoms with van der Waals surface area (Å²) in [5, 5.41) is 2.89. The number of nitrogens with two attached hydrogens (primary N) is 1. The Morgan fingerprint density at radius 1 is 0.723 bits per heavy atom. The Hall–Kier alpha value is -5.31. The second kappa shape index (κ2) is 16.8. The average molecular weight is 635 g/mol. The topological polar surface area (TPSA) is 114 Å². The number of piperazine rings is 1. The fraction of sp³-hybridized carbons (Fsp3) is 0.289. The number of nitrogens with zero attached hydrogens (tertiary/aromatic N) is 2. The van der Waals surface area contributed by atoms with Crippen LogP contribution < -0.4 is 25.4 Å². The molecule has 1 atom stereocenters. The van der Waals surface area contributed by atoms with Crippen LogP contribution in [0.2, 0.25) is 0 Å². The first kappa shape index (κ1) is 33.1. The van der Waals surface area contributed by atoms with E-state index in [-0.39, 0.29) is 31.1 Å². The van der Waals surface area contributed by atoms with Crippen molar-refractivity contribution < 1.29 is 23.9 Å². The van der Waals surface area contributed by atoms with E-state index in [0.29, 0.717) is 57.3 Å². The smallest absolute Gasteiger partial charge is 0.245 e. The molecule has 5 rings (SSSR count). The number of carbonyl (C=O) groups excluding carboxylic acids is 3. The van der Waals surface area contributed by atoms with Gasteiger partial charge in [0.1, 0.15) is 30.8 Å². The number of primary amides is 1. The molecule has 4 aromatic carbocycles. The highest BCUT2D eigenvalue weighted by Gasteiger charge is 2.29. The predicted molar refractivity (Wildman–Crippen MR) is 182 cm³/mol. The van der Waals surface area contributed by atoms with Crippen molar-refractivity contribution in [3.8, 4) is 11.5 Å². The Labute approximate surface area is 276 Å². The van der Waals surface area contributed by atoms with Crippen molar-refractivity contribution in [3.05, 3.63) is 126 Å². The molecule has 9 nitrogen and oxygen atoms in total. The lowest BCUT2D eigenvalue weighted by Gasteiger charge is -2.37. The van der Waals surface area contributed by atoms with Crippen molar-refractivity contribution in [1.29, 1.82) is 0 Å². The SMILES string of the molecule is NC(=O)CC[C@H](NC(=O)CCc1ccc(OCc2ccccc2)cc1OCc1ccccc1)C(=O)N1CCN(c2ccccc2)CC1. The van der Waals surface area contributed by atoms with E-state index in [0.717, 1.165) is 22.4 Å². The van der Waals surface area contributed by atoms with E-state index in [1.54, 1.807) is 4.90 Å². The molecule has 4 aromatic rings. The molecule has 3 N–H and O–H groups in total. The summed E-state index contributed by atoms with van der Waals surface area (Å²) >= 11 is 0. The highest BCUT2D eigenvalue weighted by atomic mass is 16.5. The maximum atomic E-state index is 13.5. The van der Waals surface area contributed by atoms with Crippen LogP contribution >= 0.6 is 0 Å². The first-order valence-corrected chi connectivity index (χ1v) is 16.1. The predicted octanol–water partition coefficient (Wildman–Crippen LogP) is 4.88. The van der Waals surface area contributed by atoms with E-state index < -0.39 is 11.9 Å². The molecule has 0 bridgehead atoms. The van der Waals surface area contributed by atoms with Gasteiger partial charge in [-0.15, -0.1) is 0 Å². The third-order valence-electron chi connectivity index (χ3n) is 8.17. The molecule has 9 heteroatoms. The van der Waals surface area contributed by atoms with Crippen LogP contribution in [0.15, 0.2) is 109 Å². The molecule has 0 radical (unpaired) electrons. The Balaban J connectivity index is 1.21. The Morgan fingerprint density at radius 3 is 1.94 bits per heavy atom. The van der Waals surface area contributed by atoms with Gasteiger partial charge in [0.25, 0.3) is 0 Å². The van der Waals surface area contributed by atoms with Gasteiger partial charge in [-0.3, -0.25) is 14.4 Å². The molecule has 244 valence electrons. The molecule has 0 saturated carbocycles. The maximum Gasteiger partial charge on any atom is 0.245 e. The van der Waals surface area contributed by atoms with Crippen molar-refractivity contribution in [2.45, 2.75) is 44.9 Å². The number of ether oxygens (including phenoxy) is 2. The van der Waals surface area contributed by atoms with Crippen LogP contribution in [-0.2, 0) is 34.0 Å². The molecule has 3 amide bonds. The minimum atomic E-state index is -0.833. The molecule has 1 heterocycles. The number of nitrogens with one attached hydrogen (secondary N) is 1. The molecule has 1 fully saturated rings. The van der Waals surface area contributed by atoms with Crippen molar-refractivity contribution >= 4 is 23.4 Å². The highest BCUT2D eigenvalue weighted by Crippen LogP contribution is 2.28. The maximum absolute atomic E-state index is 13.5. The van der Waals surface area contributed by atoms with Crippen LogP contribution in [0.25, 0.3) is 0 Å². The monoisotopic (exact) mass is 634 g/mol. The molecule has 0 aromatic heterocycles. The second-order valence-electron chi connectivity index (χ2n) is 11.6. The van der Waals surface area contributed by atoms with E-state index in [1.165, 1.54) is 0 Å². The van der Waals surface area contributed by atoms with E-state index in [4.69, 9.17) is 15.2 Å². The van der Waals surface area contributed by atoms with Gasteiger partial charge >= 0.3 is 0 Å². The molecule has 0 spiro atoms. The minimum absolute atomic E-state index is 0.00256. The lowest BCUT2D eigenvalue weighted by atomic mass is 10.1. The number of amides is 3. The minimum Gasteiger partial charge on any atom is -0.489 e. The lowest BCUT2D eigenvalue weighted by molar-refractivity contribution is -0.137. The summed E-state index contributed by atoms with van der Waals surface area (Å²) in [6.45, 7) is 3.20. The number of para-hydroxylation sites is 1. The van der Waals surface area contributed by atoms with Crippen LogP contribution in [-0.4, -0.2) is 54.8 Å². The van der Waals surface area contributed by atoms with Gasteiger partial charge in [0.2, 0.25) is 17.7 Å². The summed E-state index contributed by atoms with van der Waals surface area (Å²) in [5.41, 5.74) is 9.45. The fourth-order valence-electron chi connectivity index (χ4n) is 5.54. The fourth-order valence-corrected chi connectivity index (χ4v) is 5.54. The van der Waals surface area contributed by atoms with Crippen molar-refractivity contribution in [2.75, 3.05) is 31.1 Å². The number of benzene rings is 4. The normalized spacial score (nSPS) is 13.4. The Bertz CT molecular complexity index is 1590. The van der Waals surface area contributed by atoms with Gasteiger partial charge < -0.3 is 30.3 Å². The summed E-state index contributed by atoms with van der Waals surface area (Å²) < 4.78 is 12.3. The summed E-state index contributed by atoms with van der Waals surface area (Å²) in [5.74, 6) is 0.299. The summed E-state index contributed by atoms with van der Waals surface area (Å²) in [4.78, 5) is 42.4. The van der Waals surface area contributed by atoms with Crippen molar-refractivity contribution in [3.63, 3.8) is 0 Å². The number of carbonyl (C=O) groups is 3. The molecule has 1 saturated heterocycles. The number of rotatable bonds is 15. The van der Waals surface area contributed by atoms with E-state index in [9.17, 15) is 14.4 Å². The van der Waals surface area contributed by atoms with Gasteiger partial charge in [0.05, 0.1) is 0 Å². The summed E-state index contributed by atoms with van der Waals surface area (Å²) in [6, 6.07) is 34.7. The summed E-state index contributed by atoms with van der Waals surface area (Å²) in [6.07, 6.45) is 0.676. The Morgan fingerprint density at radius 2 is 1.32 bits per heavy atom.